The molecule has 0 saturated carbocycles. The Bertz CT molecular complexity index is 3800. The third-order valence-corrected chi connectivity index (χ3v) is 12.4. The van der Waals surface area contributed by atoms with Crippen molar-refractivity contribution in [3.05, 3.63) is 212 Å². The number of para-hydroxylation sites is 4. The van der Waals surface area contributed by atoms with Crippen LogP contribution in [0, 0.1) is 0 Å². The minimum Gasteiger partial charge on any atom is -0.416 e. The van der Waals surface area contributed by atoms with Gasteiger partial charge < -0.3 is 18.1 Å². The molecule has 0 atom stereocenters. The topological polar surface area (TPSA) is 53.7 Å². The van der Waals surface area contributed by atoms with Gasteiger partial charge in [0, 0.05) is 60.5 Å². The minimum atomic E-state index is 0.488. The molecule has 0 spiro atoms. The molecule has 290 valence electrons. The number of aromatic nitrogens is 5. The van der Waals surface area contributed by atoms with Crippen LogP contribution in [0.1, 0.15) is 0 Å². The van der Waals surface area contributed by atoms with Crippen LogP contribution < -0.4 is 0 Å². The molecule has 0 amide bonds. The van der Waals surface area contributed by atoms with E-state index in [1.807, 2.05) is 30.3 Å². The van der Waals surface area contributed by atoms with E-state index in [1.54, 1.807) is 0 Å². The molecule has 0 radical (unpaired) electrons. The summed E-state index contributed by atoms with van der Waals surface area (Å²) in [5.74, 6) is 0.991. The molecule has 0 unspecified atom stereocenters. The van der Waals surface area contributed by atoms with Crippen molar-refractivity contribution in [2.24, 2.45) is 0 Å². The molecule has 0 aliphatic rings. The predicted octanol–water partition coefficient (Wildman–Crippen LogP) is 14.4. The number of rotatable bonds is 6. The third kappa shape index (κ3) is 5.23. The van der Waals surface area contributed by atoms with Crippen LogP contribution in [0.2, 0.25) is 0 Å². The summed E-state index contributed by atoms with van der Waals surface area (Å²) in [6.45, 7) is 0. The maximum atomic E-state index is 6.13. The Balaban J connectivity index is 0.997. The van der Waals surface area contributed by atoms with E-state index in [2.05, 4.69) is 206 Å². The zero-order valence-corrected chi connectivity index (χ0v) is 33.4. The molecule has 0 N–H and O–H groups in total. The van der Waals surface area contributed by atoms with E-state index in [9.17, 15) is 0 Å². The van der Waals surface area contributed by atoms with Gasteiger partial charge in [-0.05, 0) is 120 Å². The van der Waals surface area contributed by atoms with Gasteiger partial charge in [-0.3, -0.25) is 0 Å². The Morgan fingerprint density at radius 2 is 0.613 bits per heavy atom. The van der Waals surface area contributed by atoms with E-state index < -0.39 is 0 Å². The molecule has 6 nitrogen and oxygen atoms in total. The molecule has 0 bridgehead atoms. The molecule has 13 aromatic rings. The van der Waals surface area contributed by atoms with E-state index >= 15 is 0 Å². The maximum Gasteiger partial charge on any atom is 0.248 e. The molecule has 0 aliphatic carbocycles. The van der Waals surface area contributed by atoms with Gasteiger partial charge in [-0.25, -0.2) is 0 Å². The van der Waals surface area contributed by atoms with Crippen LogP contribution in [-0.2, 0) is 0 Å². The van der Waals surface area contributed by atoms with Gasteiger partial charge in [0.05, 0.1) is 33.1 Å². The summed E-state index contributed by atoms with van der Waals surface area (Å²) in [5, 5.41) is 16.1. The van der Waals surface area contributed by atoms with Crippen LogP contribution in [0.15, 0.2) is 217 Å². The number of hydrogen-bond acceptors (Lipinski definition) is 3. The number of fused-ring (bicyclic) bond motifs is 9. The van der Waals surface area contributed by atoms with E-state index in [1.165, 1.54) is 65.5 Å². The zero-order chi connectivity index (χ0) is 40.7. The molecule has 0 saturated heterocycles. The third-order valence-electron chi connectivity index (χ3n) is 12.4. The van der Waals surface area contributed by atoms with Crippen molar-refractivity contribution in [3.8, 4) is 51.1 Å². The van der Waals surface area contributed by atoms with Crippen molar-refractivity contribution in [2.45, 2.75) is 0 Å². The van der Waals surface area contributed by atoms with Gasteiger partial charge in [-0.15, -0.1) is 10.2 Å². The van der Waals surface area contributed by atoms with Crippen molar-refractivity contribution >= 4 is 65.4 Å². The molecular weight excluding hydrogens is 759 g/mol. The maximum absolute atomic E-state index is 6.13. The van der Waals surface area contributed by atoms with E-state index in [-0.39, 0.29) is 0 Å². The largest absolute Gasteiger partial charge is 0.416 e. The lowest BCUT2D eigenvalue weighted by Crippen LogP contribution is -1.96. The van der Waals surface area contributed by atoms with Crippen molar-refractivity contribution < 1.29 is 4.42 Å². The van der Waals surface area contributed by atoms with Gasteiger partial charge in [0.15, 0.2) is 0 Å². The minimum absolute atomic E-state index is 0.488. The van der Waals surface area contributed by atoms with Crippen molar-refractivity contribution in [1.29, 1.82) is 0 Å². The van der Waals surface area contributed by atoms with Crippen molar-refractivity contribution in [2.75, 3.05) is 0 Å². The van der Waals surface area contributed by atoms with Crippen molar-refractivity contribution in [3.63, 3.8) is 0 Å². The van der Waals surface area contributed by atoms with Crippen molar-refractivity contribution in [1.82, 2.24) is 23.9 Å². The van der Waals surface area contributed by atoms with Gasteiger partial charge >= 0.3 is 0 Å². The lowest BCUT2D eigenvalue weighted by atomic mass is 10.0. The first-order chi connectivity index (χ1) is 30.7. The fourth-order valence-electron chi connectivity index (χ4n) is 9.61. The average Bonchev–Trinajstić information content (AvgIpc) is 4.12. The van der Waals surface area contributed by atoms with Crippen LogP contribution in [0.25, 0.3) is 117 Å². The lowest BCUT2D eigenvalue weighted by molar-refractivity contribution is 0.584. The summed E-state index contributed by atoms with van der Waals surface area (Å²) in [6, 6.07) is 75.8. The Morgan fingerprint density at radius 3 is 1.18 bits per heavy atom. The highest BCUT2D eigenvalue weighted by Gasteiger charge is 2.19. The SMILES string of the molecule is c1ccc(-c2nnc(-c3ccc(-n4c5ccc(-c6ccc7c(c6)c6ccccc6n7-c6ccccc6)cc5c5cc(-n6c7ccccc7c7ccccc76)ccc54)cc3)o2)cc1. The van der Waals surface area contributed by atoms with Gasteiger partial charge in [-0.2, -0.15) is 0 Å². The Labute approximate surface area is 355 Å². The molecule has 4 heterocycles. The van der Waals surface area contributed by atoms with Crippen LogP contribution in [0.4, 0.5) is 0 Å². The second-order valence-corrected chi connectivity index (χ2v) is 15.9. The quantitative estimate of drug-likeness (QED) is 0.168. The van der Waals surface area contributed by atoms with Gasteiger partial charge in [0.25, 0.3) is 0 Å². The zero-order valence-electron chi connectivity index (χ0n) is 33.4. The second-order valence-electron chi connectivity index (χ2n) is 15.9. The monoisotopic (exact) mass is 793 g/mol. The lowest BCUT2D eigenvalue weighted by Gasteiger charge is -2.11. The fourth-order valence-corrected chi connectivity index (χ4v) is 9.61. The molecule has 62 heavy (non-hydrogen) atoms. The standard InChI is InChI=1S/C56H35N5O/c1-3-13-36(14-4-1)55-57-58-56(62-55)37-23-27-41(28-24-37)60-53-31-26-39(38-25-30-52-46(33-38)45-19-9-12-22-51(45)59(52)40-15-5-2-6-16-40)34-47(53)48-35-42(29-32-54(48)60)61-49-20-10-7-17-43(49)44-18-8-11-21-50(44)61/h1-35H. The Kier molecular flexibility index (Phi) is 7.50. The predicted molar refractivity (Wildman–Crippen MR) is 254 cm³/mol. The molecular formula is C56H35N5O. The van der Waals surface area contributed by atoms with Crippen LogP contribution in [-0.4, -0.2) is 23.9 Å². The highest BCUT2D eigenvalue weighted by Crippen LogP contribution is 2.40. The normalized spacial score (nSPS) is 11.9. The summed E-state index contributed by atoms with van der Waals surface area (Å²) < 4.78 is 13.3. The summed E-state index contributed by atoms with van der Waals surface area (Å²) in [7, 11) is 0. The van der Waals surface area contributed by atoms with Crippen LogP contribution in [0.5, 0.6) is 0 Å². The second kappa shape index (κ2) is 13.5. The average molecular weight is 794 g/mol. The van der Waals surface area contributed by atoms with E-state index in [0.29, 0.717) is 11.8 Å². The molecule has 4 aromatic heterocycles. The summed E-state index contributed by atoms with van der Waals surface area (Å²) >= 11 is 0. The Morgan fingerprint density at radius 1 is 0.258 bits per heavy atom. The molecule has 9 aromatic carbocycles. The van der Waals surface area contributed by atoms with Gasteiger partial charge in [-0.1, -0.05) is 103 Å². The summed E-state index contributed by atoms with van der Waals surface area (Å²) in [5.41, 5.74) is 14.4. The van der Waals surface area contributed by atoms with E-state index in [4.69, 9.17) is 4.42 Å². The van der Waals surface area contributed by atoms with Gasteiger partial charge in [0.1, 0.15) is 0 Å². The first-order valence-corrected chi connectivity index (χ1v) is 20.9. The van der Waals surface area contributed by atoms with Gasteiger partial charge in [0.2, 0.25) is 11.8 Å². The van der Waals surface area contributed by atoms with Crippen LogP contribution >= 0.6 is 0 Å². The highest BCUT2D eigenvalue weighted by atomic mass is 16.4. The highest BCUT2D eigenvalue weighted by molar-refractivity contribution is 6.14. The fraction of sp³-hybridized carbons (Fsp3) is 0. The molecule has 0 aliphatic heterocycles. The first kappa shape index (κ1) is 34.4. The molecule has 0 fully saturated rings. The van der Waals surface area contributed by atoms with Crippen LogP contribution in [0.3, 0.4) is 0 Å². The number of benzene rings is 9. The molecule has 13 rings (SSSR count). The Hall–Kier alpha value is -8.48. The first-order valence-electron chi connectivity index (χ1n) is 20.9. The smallest absolute Gasteiger partial charge is 0.248 e. The number of hydrogen-bond donors (Lipinski definition) is 0. The summed E-state index contributed by atoms with van der Waals surface area (Å²) in [6.07, 6.45) is 0. The van der Waals surface area contributed by atoms with E-state index in [0.717, 1.165) is 39.2 Å². The molecule has 6 heteroatoms. The number of nitrogens with zero attached hydrogens (tertiary/aromatic N) is 5. The summed E-state index contributed by atoms with van der Waals surface area (Å²) in [4.78, 5) is 0.